The van der Waals surface area contributed by atoms with Crippen molar-refractivity contribution in [1.82, 2.24) is 24.1 Å². The number of benzene rings is 4. The number of nitrogens with zero attached hydrogens (tertiary/aromatic N) is 5. The summed E-state index contributed by atoms with van der Waals surface area (Å²) in [6.07, 6.45) is 1.57. The second-order valence-electron chi connectivity index (χ2n) is 8.84. The first-order chi connectivity index (χ1) is 18.3. The molecule has 7 heteroatoms. The molecular formula is C31H17N5OPt. The maximum absolute atomic E-state index is 6.24. The van der Waals surface area contributed by atoms with Gasteiger partial charge in [-0.3, -0.25) is 9.50 Å². The van der Waals surface area contributed by atoms with E-state index in [2.05, 4.69) is 57.1 Å². The van der Waals surface area contributed by atoms with Gasteiger partial charge in [0.05, 0.1) is 11.2 Å². The van der Waals surface area contributed by atoms with Crippen LogP contribution in [0.4, 0.5) is 0 Å². The zero-order chi connectivity index (χ0) is 24.3. The summed E-state index contributed by atoms with van der Waals surface area (Å²) in [7, 11) is 0. The molecule has 0 saturated heterocycles. The van der Waals surface area contributed by atoms with Crippen LogP contribution in [0.1, 0.15) is 0 Å². The van der Waals surface area contributed by atoms with Gasteiger partial charge in [0.15, 0.2) is 0 Å². The number of hydrogen-bond donors (Lipinski definition) is 0. The number of hydrogen-bond acceptors (Lipinski definition) is 4. The number of pyridine rings is 2. The maximum atomic E-state index is 6.24. The van der Waals surface area contributed by atoms with Crippen LogP contribution in [0.25, 0.3) is 54.9 Å². The summed E-state index contributed by atoms with van der Waals surface area (Å²) < 4.78 is 10.2. The van der Waals surface area contributed by atoms with E-state index in [-0.39, 0.29) is 21.1 Å². The Morgan fingerprint density at radius 1 is 0.711 bits per heavy atom. The molecule has 0 fully saturated rings. The van der Waals surface area contributed by atoms with Crippen molar-refractivity contribution in [1.29, 1.82) is 0 Å². The molecule has 0 saturated carbocycles. The van der Waals surface area contributed by atoms with Gasteiger partial charge in [-0.2, -0.15) is 34.3 Å². The minimum Gasteiger partial charge on any atom is -0.459 e. The van der Waals surface area contributed by atoms with Crippen molar-refractivity contribution in [2.24, 2.45) is 0 Å². The van der Waals surface area contributed by atoms with Gasteiger partial charge in [-0.05, 0) is 29.0 Å². The van der Waals surface area contributed by atoms with Gasteiger partial charge in [-0.1, -0.05) is 70.9 Å². The molecule has 6 nitrogen and oxygen atoms in total. The molecule has 8 aromatic rings. The summed E-state index contributed by atoms with van der Waals surface area (Å²) in [4.78, 5) is 9.35. The molecular weight excluding hydrogens is 653 g/mol. The molecule has 0 N–H and O–H groups in total. The van der Waals surface area contributed by atoms with Crippen molar-refractivity contribution in [2.45, 2.75) is 0 Å². The van der Waals surface area contributed by atoms with E-state index in [4.69, 9.17) is 9.72 Å². The fourth-order valence-electron chi connectivity index (χ4n) is 5.19. The smallest absolute Gasteiger partial charge is 0.459 e. The van der Waals surface area contributed by atoms with Crippen LogP contribution in [-0.2, 0) is 21.1 Å². The zero-order valence-electron chi connectivity index (χ0n) is 19.8. The Balaban J connectivity index is 0.00000242. The van der Waals surface area contributed by atoms with E-state index >= 15 is 0 Å². The third-order valence-electron chi connectivity index (χ3n) is 6.76. The maximum Gasteiger partial charge on any atom is 2.00 e. The zero-order valence-corrected chi connectivity index (χ0v) is 22.0. The standard InChI is InChI=1S/C31H17N5O.Pt/c1-4-11-26-23(9-1)24-10-2-5-12-27(24)35(26)29-14-7-15-30(34-29)37-20-16-17-21-22-8-3-6-13-28(22)36-31(25(21)18-20)32-19-33-36;/h1-11,13-17,19H;/q-2;+2. The van der Waals surface area contributed by atoms with Gasteiger partial charge in [-0.15, -0.1) is 11.5 Å². The Bertz CT molecular complexity index is 2090. The Labute approximate surface area is 231 Å². The van der Waals surface area contributed by atoms with Gasteiger partial charge in [0.25, 0.3) is 0 Å². The quantitative estimate of drug-likeness (QED) is 0.151. The summed E-state index contributed by atoms with van der Waals surface area (Å²) in [6, 6.07) is 39.1. The topological polar surface area (TPSA) is 57.2 Å². The third kappa shape index (κ3) is 3.34. The molecule has 0 unspecified atom stereocenters. The number of aromatic nitrogens is 5. The summed E-state index contributed by atoms with van der Waals surface area (Å²) in [6.45, 7) is 0. The molecule has 0 bridgehead atoms. The minimum absolute atomic E-state index is 0. The van der Waals surface area contributed by atoms with Crippen LogP contribution in [0.2, 0.25) is 0 Å². The van der Waals surface area contributed by atoms with Gasteiger partial charge >= 0.3 is 21.1 Å². The van der Waals surface area contributed by atoms with Gasteiger partial charge in [0.2, 0.25) is 5.88 Å². The van der Waals surface area contributed by atoms with Gasteiger partial charge < -0.3 is 9.30 Å². The van der Waals surface area contributed by atoms with Crippen molar-refractivity contribution in [3.63, 3.8) is 0 Å². The van der Waals surface area contributed by atoms with Gasteiger partial charge in [0.1, 0.15) is 12.1 Å². The third-order valence-corrected chi connectivity index (χ3v) is 6.76. The average Bonchev–Trinajstić information content (AvgIpc) is 3.57. The predicted octanol–water partition coefficient (Wildman–Crippen LogP) is 6.92. The van der Waals surface area contributed by atoms with E-state index in [1.54, 1.807) is 6.33 Å². The van der Waals surface area contributed by atoms with E-state index in [1.165, 1.54) is 0 Å². The molecule has 0 aliphatic carbocycles. The van der Waals surface area contributed by atoms with Crippen molar-refractivity contribution in [3.8, 4) is 17.4 Å². The van der Waals surface area contributed by atoms with Gasteiger partial charge in [-0.25, -0.2) is 0 Å². The SMILES string of the molecule is [Pt+2].[c-]1c(Oc2cccc(-n3c4[c-]cccc4c4ccccc43)n2)ccc2c1c1ncnn1c1ccccc21. The largest absolute Gasteiger partial charge is 2.00 e. The Morgan fingerprint density at radius 2 is 1.50 bits per heavy atom. The fourth-order valence-corrected chi connectivity index (χ4v) is 5.19. The number of ether oxygens (including phenoxy) is 1. The average molecular weight is 671 g/mol. The van der Waals surface area contributed by atoms with Crippen LogP contribution in [-0.4, -0.2) is 24.1 Å². The molecule has 4 heterocycles. The Morgan fingerprint density at radius 3 is 2.39 bits per heavy atom. The molecule has 0 atom stereocenters. The monoisotopic (exact) mass is 670 g/mol. The molecule has 0 aliphatic heterocycles. The summed E-state index contributed by atoms with van der Waals surface area (Å²) in [5.41, 5.74) is 3.79. The first-order valence-electron chi connectivity index (χ1n) is 12.0. The molecule has 4 aromatic carbocycles. The van der Waals surface area contributed by atoms with Crippen molar-refractivity contribution >= 4 is 49.1 Å². The Hall–Kier alpha value is -4.54. The fraction of sp³-hybridized carbons (Fsp3) is 0. The van der Waals surface area contributed by atoms with Crippen LogP contribution < -0.4 is 4.74 Å². The Kier molecular flexibility index (Phi) is 5.24. The van der Waals surface area contributed by atoms with Crippen LogP contribution in [0.5, 0.6) is 11.6 Å². The van der Waals surface area contributed by atoms with Crippen LogP contribution in [0.3, 0.4) is 0 Å². The van der Waals surface area contributed by atoms with Crippen molar-refractivity contribution in [3.05, 3.63) is 116 Å². The van der Waals surface area contributed by atoms with E-state index < -0.39 is 0 Å². The molecule has 38 heavy (non-hydrogen) atoms. The van der Waals surface area contributed by atoms with E-state index in [9.17, 15) is 0 Å². The van der Waals surface area contributed by atoms with Crippen LogP contribution >= 0.6 is 0 Å². The second kappa shape index (κ2) is 8.79. The minimum atomic E-state index is 0. The summed E-state index contributed by atoms with van der Waals surface area (Å²) in [5, 5.41) is 9.71. The van der Waals surface area contributed by atoms with Crippen molar-refractivity contribution in [2.75, 3.05) is 0 Å². The number of rotatable bonds is 3. The normalized spacial score (nSPS) is 11.5. The van der Waals surface area contributed by atoms with Gasteiger partial charge in [0, 0.05) is 17.3 Å². The van der Waals surface area contributed by atoms with Crippen LogP contribution in [0, 0.1) is 12.1 Å². The summed E-state index contributed by atoms with van der Waals surface area (Å²) >= 11 is 0. The van der Waals surface area contributed by atoms with E-state index in [0.29, 0.717) is 11.6 Å². The molecule has 8 rings (SSSR count). The predicted molar refractivity (Wildman–Crippen MR) is 144 cm³/mol. The first-order valence-corrected chi connectivity index (χ1v) is 12.0. The van der Waals surface area contributed by atoms with E-state index in [0.717, 1.165) is 54.9 Å². The molecule has 182 valence electrons. The number of fused-ring (bicyclic) bond motifs is 9. The molecule has 4 aromatic heterocycles. The molecule has 0 radical (unpaired) electrons. The molecule has 0 spiro atoms. The van der Waals surface area contributed by atoms with Crippen LogP contribution in [0.15, 0.2) is 103 Å². The molecule has 0 aliphatic rings. The number of para-hydroxylation sites is 3. The first kappa shape index (κ1) is 22.6. The second-order valence-corrected chi connectivity index (χ2v) is 8.84. The molecule has 0 amide bonds. The van der Waals surface area contributed by atoms with E-state index in [1.807, 2.05) is 71.2 Å². The summed E-state index contributed by atoms with van der Waals surface area (Å²) in [5.74, 6) is 1.80. The van der Waals surface area contributed by atoms with Crippen molar-refractivity contribution < 1.29 is 25.8 Å².